The maximum Gasteiger partial charge on any atom is 0.114 e. The highest BCUT2D eigenvalue weighted by atomic mass is 16.3. The first kappa shape index (κ1) is 20.3. The van der Waals surface area contributed by atoms with Gasteiger partial charge < -0.3 is 5.11 Å². The van der Waals surface area contributed by atoms with E-state index in [-0.39, 0.29) is 0 Å². The highest BCUT2D eigenvalue weighted by Gasteiger charge is 1.97. The van der Waals surface area contributed by atoms with E-state index < -0.39 is 6.10 Å². The van der Waals surface area contributed by atoms with Crippen molar-refractivity contribution in [1.29, 1.82) is 0 Å². The zero-order chi connectivity index (χ0) is 15.6. The van der Waals surface area contributed by atoms with E-state index >= 15 is 0 Å². The number of hydrogen-bond acceptors (Lipinski definition) is 1. The molecule has 0 aromatic heterocycles. The van der Waals surface area contributed by atoms with Crippen molar-refractivity contribution < 1.29 is 5.11 Å². The number of aliphatic hydroxyl groups is 1. The van der Waals surface area contributed by atoms with Crippen LogP contribution >= 0.6 is 0 Å². The van der Waals surface area contributed by atoms with E-state index in [1.165, 1.54) is 77.0 Å². The number of allylic oxidation sites excluding steroid dienone is 2. The van der Waals surface area contributed by atoms with E-state index in [1.807, 2.05) is 0 Å². The molecule has 1 heteroatoms. The van der Waals surface area contributed by atoms with Crippen molar-refractivity contribution in [3.8, 4) is 12.3 Å². The van der Waals surface area contributed by atoms with Crippen LogP contribution in [0.5, 0.6) is 0 Å². The molecule has 1 N–H and O–H groups in total. The van der Waals surface area contributed by atoms with E-state index in [4.69, 9.17) is 6.42 Å². The summed E-state index contributed by atoms with van der Waals surface area (Å²) >= 11 is 0. The Labute approximate surface area is 133 Å². The Hall–Kier alpha value is -0.740. The third-order valence-electron chi connectivity index (χ3n) is 3.93. The van der Waals surface area contributed by atoms with Gasteiger partial charge >= 0.3 is 0 Å². The first-order valence-electron chi connectivity index (χ1n) is 9.10. The topological polar surface area (TPSA) is 20.2 Å². The molecular weight excluding hydrogens is 256 g/mol. The zero-order valence-corrected chi connectivity index (χ0v) is 14.2. The molecule has 0 aliphatic heterocycles. The van der Waals surface area contributed by atoms with Gasteiger partial charge in [0, 0.05) is 0 Å². The van der Waals surface area contributed by atoms with Gasteiger partial charge in [0.25, 0.3) is 0 Å². The van der Waals surface area contributed by atoms with Crippen molar-refractivity contribution >= 4 is 0 Å². The standard InChI is InChI=1S/C20H36O/c1-3-5-6-7-8-9-10-11-12-13-14-15-16-17-18-19-20(21)4-2/h2,9-10,20-21H,3,5-8,11-19H2,1H3/b10-9-/t20-/m0/s1. The molecular formula is C20H36O. The van der Waals surface area contributed by atoms with Crippen LogP contribution in [0.25, 0.3) is 0 Å². The molecule has 0 heterocycles. The first-order valence-corrected chi connectivity index (χ1v) is 9.10. The molecule has 1 nitrogen and oxygen atoms in total. The van der Waals surface area contributed by atoms with Crippen LogP contribution < -0.4 is 0 Å². The molecule has 1 atom stereocenters. The Kier molecular flexibility index (Phi) is 16.7. The van der Waals surface area contributed by atoms with Crippen molar-refractivity contribution in [2.45, 2.75) is 103 Å². The fourth-order valence-electron chi connectivity index (χ4n) is 2.49. The Morgan fingerprint density at radius 1 is 0.810 bits per heavy atom. The molecule has 0 saturated carbocycles. The van der Waals surface area contributed by atoms with Gasteiger partial charge in [-0.1, -0.05) is 76.4 Å². The lowest BCUT2D eigenvalue weighted by Crippen LogP contribution is -2.01. The minimum atomic E-state index is -0.529. The van der Waals surface area contributed by atoms with Crippen LogP contribution in [0.15, 0.2) is 12.2 Å². The molecule has 0 bridgehead atoms. The second-order valence-corrected chi connectivity index (χ2v) is 6.06. The SMILES string of the molecule is C#C[C@H](O)CCCCCCCCC/C=C\CCCCCC. The molecule has 0 fully saturated rings. The Balaban J connectivity index is 3.09. The summed E-state index contributed by atoms with van der Waals surface area (Å²) in [6, 6.07) is 0. The summed E-state index contributed by atoms with van der Waals surface area (Å²) in [5.41, 5.74) is 0. The van der Waals surface area contributed by atoms with Gasteiger partial charge in [-0.25, -0.2) is 0 Å². The van der Waals surface area contributed by atoms with Crippen molar-refractivity contribution in [3.63, 3.8) is 0 Å². The molecule has 0 amide bonds. The van der Waals surface area contributed by atoms with Gasteiger partial charge in [-0.2, -0.15) is 0 Å². The maximum atomic E-state index is 9.22. The third kappa shape index (κ3) is 17.2. The molecule has 0 aromatic carbocycles. The van der Waals surface area contributed by atoms with Crippen LogP contribution in [0, 0.1) is 12.3 Å². The Morgan fingerprint density at radius 3 is 1.81 bits per heavy atom. The summed E-state index contributed by atoms with van der Waals surface area (Å²) in [7, 11) is 0. The van der Waals surface area contributed by atoms with Gasteiger partial charge in [0.15, 0.2) is 0 Å². The number of unbranched alkanes of at least 4 members (excludes halogenated alkanes) is 11. The molecule has 21 heavy (non-hydrogen) atoms. The summed E-state index contributed by atoms with van der Waals surface area (Å²) in [5.74, 6) is 2.36. The maximum absolute atomic E-state index is 9.22. The average molecular weight is 293 g/mol. The Morgan fingerprint density at radius 2 is 1.29 bits per heavy atom. The molecule has 0 aliphatic rings. The van der Waals surface area contributed by atoms with E-state index in [1.54, 1.807) is 0 Å². The van der Waals surface area contributed by atoms with E-state index in [2.05, 4.69) is 25.0 Å². The summed E-state index contributed by atoms with van der Waals surface area (Å²) < 4.78 is 0. The fraction of sp³-hybridized carbons (Fsp3) is 0.800. The van der Waals surface area contributed by atoms with Gasteiger partial charge in [-0.15, -0.1) is 6.42 Å². The summed E-state index contributed by atoms with van der Waals surface area (Å²) in [5, 5.41) is 9.22. The Bertz CT molecular complexity index is 262. The summed E-state index contributed by atoms with van der Waals surface area (Å²) in [4.78, 5) is 0. The second-order valence-electron chi connectivity index (χ2n) is 6.06. The van der Waals surface area contributed by atoms with Crippen LogP contribution in [0.3, 0.4) is 0 Å². The predicted octanol–water partition coefficient (Wildman–Crippen LogP) is 6.02. The van der Waals surface area contributed by atoms with E-state index in [0.717, 1.165) is 12.8 Å². The second kappa shape index (κ2) is 17.3. The number of hydrogen-bond donors (Lipinski definition) is 1. The fourth-order valence-corrected chi connectivity index (χ4v) is 2.49. The van der Waals surface area contributed by atoms with Crippen molar-refractivity contribution in [1.82, 2.24) is 0 Å². The average Bonchev–Trinajstić information content (AvgIpc) is 2.50. The number of terminal acetylenes is 1. The molecule has 0 rings (SSSR count). The van der Waals surface area contributed by atoms with Crippen LogP contribution in [0.1, 0.15) is 96.8 Å². The summed E-state index contributed by atoms with van der Waals surface area (Å²) in [6.45, 7) is 2.26. The van der Waals surface area contributed by atoms with Crippen LogP contribution in [0.2, 0.25) is 0 Å². The first-order chi connectivity index (χ1) is 10.3. The summed E-state index contributed by atoms with van der Waals surface area (Å²) in [6.07, 6.45) is 27.0. The molecule has 0 spiro atoms. The number of rotatable bonds is 15. The van der Waals surface area contributed by atoms with Crippen LogP contribution in [-0.2, 0) is 0 Å². The van der Waals surface area contributed by atoms with Crippen molar-refractivity contribution in [2.75, 3.05) is 0 Å². The molecule has 122 valence electrons. The quantitative estimate of drug-likeness (QED) is 0.222. The number of aliphatic hydroxyl groups excluding tert-OH is 1. The van der Waals surface area contributed by atoms with Gasteiger partial charge in [-0.05, 0) is 38.5 Å². The van der Waals surface area contributed by atoms with Crippen LogP contribution in [-0.4, -0.2) is 11.2 Å². The monoisotopic (exact) mass is 292 g/mol. The molecule has 0 aliphatic carbocycles. The van der Waals surface area contributed by atoms with Gasteiger partial charge in [0.1, 0.15) is 6.10 Å². The minimum Gasteiger partial charge on any atom is -0.380 e. The lowest BCUT2D eigenvalue weighted by atomic mass is 10.1. The molecule has 0 aromatic rings. The normalized spacial score (nSPS) is 12.6. The minimum absolute atomic E-state index is 0.529. The highest BCUT2D eigenvalue weighted by molar-refractivity contribution is 4.92. The lowest BCUT2D eigenvalue weighted by Gasteiger charge is -2.03. The van der Waals surface area contributed by atoms with Gasteiger partial charge in [0.2, 0.25) is 0 Å². The van der Waals surface area contributed by atoms with Crippen molar-refractivity contribution in [2.24, 2.45) is 0 Å². The smallest absolute Gasteiger partial charge is 0.114 e. The largest absolute Gasteiger partial charge is 0.380 e. The van der Waals surface area contributed by atoms with Gasteiger partial charge in [0.05, 0.1) is 0 Å². The lowest BCUT2D eigenvalue weighted by molar-refractivity contribution is 0.217. The van der Waals surface area contributed by atoms with E-state index in [9.17, 15) is 5.11 Å². The predicted molar refractivity (Wildman–Crippen MR) is 94.3 cm³/mol. The highest BCUT2D eigenvalue weighted by Crippen LogP contribution is 2.11. The molecule has 0 saturated heterocycles. The van der Waals surface area contributed by atoms with Crippen molar-refractivity contribution in [3.05, 3.63) is 12.2 Å². The third-order valence-corrected chi connectivity index (χ3v) is 3.93. The van der Waals surface area contributed by atoms with Crippen LogP contribution in [0.4, 0.5) is 0 Å². The molecule has 0 radical (unpaired) electrons. The van der Waals surface area contributed by atoms with E-state index in [0.29, 0.717) is 0 Å². The molecule has 0 unspecified atom stereocenters. The van der Waals surface area contributed by atoms with Gasteiger partial charge in [-0.3, -0.25) is 0 Å². The zero-order valence-electron chi connectivity index (χ0n) is 14.2.